The van der Waals surface area contributed by atoms with Gasteiger partial charge in [-0.05, 0) is 24.6 Å². The summed E-state index contributed by atoms with van der Waals surface area (Å²) in [6.45, 7) is 3.78. The van der Waals surface area contributed by atoms with Gasteiger partial charge in [0.25, 0.3) is 0 Å². The molecular weight excluding hydrogens is 334 g/mol. The number of hydrogen-bond donors (Lipinski definition) is 1. The molecule has 7 heteroatoms. The zero-order chi connectivity index (χ0) is 15.8. The van der Waals surface area contributed by atoms with Crippen LogP contribution in [0.2, 0.25) is 5.02 Å². The van der Waals surface area contributed by atoms with Gasteiger partial charge in [-0.2, -0.15) is 0 Å². The molecular formula is C16H14ClN3O2S. The van der Waals surface area contributed by atoms with Gasteiger partial charge < -0.3 is 14.8 Å². The van der Waals surface area contributed by atoms with Crippen LogP contribution in [0.15, 0.2) is 24.5 Å². The number of aryl methyl sites for hydroxylation is 1. The van der Waals surface area contributed by atoms with E-state index in [0.717, 1.165) is 43.0 Å². The fourth-order valence-electron chi connectivity index (χ4n) is 2.53. The van der Waals surface area contributed by atoms with Gasteiger partial charge in [0.2, 0.25) is 0 Å². The van der Waals surface area contributed by atoms with Gasteiger partial charge in [0.05, 0.1) is 10.4 Å². The smallest absolute Gasteiger partial charge is 0.161 e. The topological polar surface area (TPSA) is 56.3 Å². The highest BCUT2D eigenvalue weighted by molar-refractivity contribution is 7.19. The largest absolute Gasteiger partial charge is 0.486 e. The fraction of sp³-hybridized carbons (Fsp3) is 0.250. The van der Waals surface area contributed by atoms with Crippen molar-refractivity contribution in [1.82, 2.24) is 9.97 Å². The van der Waals surface area contributed by atoms with E-state index in [-0.39, 0.29) is 0 Å². The van der Waals surface area contributed by atoms with Crippen LogP contribution < -0.4 is 14.8 Å². The second kappa shape index (κ2) is 5.86. The molecule has 0 atom stereocenters. The van der Waals surface area contributed by atoms with E-state index in [9.17, 15) is 0 Å². The Kier molecular flexibility index (Phi) is 3.71. The van der Waals surface area contributed by atoms with Crippen molar-refractivity contribution in [3.05, 3.63) is 40.0 Å². The lowest BCUT2D eigenvalue weighted by Crippen LogP contribution is -2.15. The third-order valence-corrected chi connectivity index (χ3v) is 5.26. The molecule has 0 aliphatic carbocycles. The van der Waals surface area contributed by atoms with Crippen molar-refractivity contribution in [2.45, 2.75) is 13.5 Å². The predicted molar refractivity (Wildman–Crippen MR) is 91.9 cm³/mol. The SMILES string of the molecule is Cc1sc2ncnc(NCc3ccc4c(c3)OCCO4)c2c1Cl. The van der Waals surface area contributed by atoms with Crippen LogP contribution in [0.5, 0.6) is 11.5 Å². The van der Waals surface area contributed by atoms with E-state index < -0.39 is 0 Å². The number of rotatable bonds is 3. The minimum Gasteiger partial charge on any atom is -0.486 e. The molecule has 4 rings (SSSR count). The number of benzene rings is 1. The van der Waals surface area contributed by atoms with E-state index in [1.165, 1.54) is 0 Å². The van der Waals surface area contributed by atoms with Crippen molar-refractivity contribution in [3.8, 4) is 11.5 Å². The van der Waals surface area contributed by atoms with Gasteiger partial charge in [-0.3, -0.25) is 0 Å². The molecule has 0 unspecified atom stereocenters. The van der Waals surface area contributed by atoms with Crippen LogP contribution in [0.1, 0.15) is 10.4 Å². The molecule has 0 spiro atoms. The van der Waals surface area contributed by atoms with Crippen LogP contribution in [0, 0.1) is 6.92 Å². The summed E-state index contributed by atoms with van der Waals surface area (Å²) in [4.78, 5) is 10.6. The highest BCUT2D eigenvalue weighted by atomic mass is 35.5. The lowest BCUT2D eigenvalue weighted by Gasteiger charge is -2.19. The van der Waals surface area contributed by atoms with Crippen LogP contribution in [0.4, 0.5) is 5.82 Å². The van der Waals surface area contributed by atoms with Crippen molar-refractivity contribution in [1.29, 1.82) is 0 Å². The number of halogens is 1. The first kappa shape index (κ1) is 14.5. The molecule has 0 saturated heterocycles. The first-order valence-corrected chi connectivity index (χ1v) is 8.44. The molecule has 1 aliphatic heterocycles. The monoisotopic (exact) mass is 347 g/mol. The van der Waals surface area contributed by atoms with E-state index in [0.29, 0.717) is 19.8 Å². The van der Waals surface area contributed by atoms with Crippen molar-refractivity contribution in [2.75, 3.05) is 18.5 Å². The minimum absolute atomic E-state index is 0.584. The van der Waals surface area contributed by atoms with Crippen LogP contribution in [0.3, 0.4) is 0 Å². The van der Waals surface area contributed by atoms with Crippen molar-refractivity contribution < 1.29 is 9.47 Å². The summed E-state index contributed by atoms with van der Waals surface area (Å²) in [5, 5.41) is 4.94. The maximum Gasteiger partial charge on any atom is 0.161 e. The Balaban J connectivity index is 1.60. The lowest BCUT2D eigenvalue weighted by atomic mass is 10.2. The molecule has 118 valence electrons. The zero-order valence-corrected chi connectivity index (χ0v) is 14.0. The first-order chi connectivity index (χ1) is 11.2. The number of anilines is 1. The van der Waals surface area contributed by atoms with Gasteiger partial charge in [-0.25, -0.2) is 9.97 Å². The van der Waals surface area contributed by atoms with Gasteiger partial charge in [0.15, 0.2) is 11.5 Å². The van der Waals surface area contributed by atoms with Crippen LogP contribution in [0.25, 0.3) is 10.2 Å². The van der Waals surface area contributed by atoms with Gasteiger partial charge >= 0.3 is 0 Å². The maximum absolute atomic E-state index is 6.38. The molecule has 3 aromatic rings. The van der Waals surface area contributed by atoms with E-state index in [2.05, 4.69) is 15.3 Å². The van der Waals surface area contributed by atoms with Crippen molar-refractivity contribution in [2.24, 2.45) is 0 Å². The van der Waals surface area contributed by atoms with E-state index in [1.54, 1.807) is 17.7 Å². The molecule has 2 aromatic heterocycles. The Morgan fingerprint density at radius 2 is 2.04 bits per heavy atom. The second-order valence-corrected chi connectivity index (χ2v) is 6.79. The molecule has 5 nitrogen and oxygen atoms in total. The number of aromatic nitrogens is 2. The zero-order valence-electron chi connectivity index (χ0n) is 12.4. The number of nitrogens with one attached hydrogen (secondary N) is 1. The number of thiophene rings is 1. The summed E-state index contributed by atoms with van der Waals surface area (Å²) >= 11 is 7.95. The molecule has 3 heterocycles. The van der Waals surface area contributed by atoms with Crippen molar-refractivity contribution in [3.63, 3.8) is 0 Å². The number of ether oxygens (including phenoxy) is 2. The van der Waals surface area contributed by atoms with E-state index in [4.69, 9.17) is 21.1 Å². The Bertz CT molecular complexity index is 881. The number of hydrogen-bond acceptors (Lipinski definition) is 6. The Labute approximate surface area is 142 Å². The maximum atomic E-state index is 6.38. The highest BCUT2D eigenvalue weighted by Gasteiger charge is 2.14. The minimum atomic E-state index is 0.584. The summed E-state index contributed by atoms with van der Waals surface area (Å²) in [5.41, 5.74) is 1.09. The van der Waals surface area contributed by atoms with Gasteiger partial charge in [-0.1, -0.05) is 17.7 Å². The molecule has 0 fully saturated rings. The lowest BCUT2D eigenvalue weighted by molar-refractivity contribution is 0.171. The Morgan fingerprint density at radius 1 is 1.22 bits per heavy atom. The summed E-state index contributed by atoms with van der Waals surface area (Å²) in [5.74, 6) is 2.33. The standard InChI is InChI=1S/C16H14ClN3O2S/c1-9-14(17)13-15(19-8-20-16(13)23-9)18-7-10-2-3-11-12(6-10)22-5-4-21-11/h2-3,6,8H,4-5,7H2,1H3,(H,18,19,20). The van der Waals surface area contributed by atoms with E-state index >= 15 is 0 Å². The van der Waals surface area contributed by atoms with Gasteiger partial charge in [0, 0.05) is 11.4 Å². The van der Waals surface area contributed by atoms with Crippen LogP contribution >= 0.6 is 22.9 Å². The quantitative estimate of drug-likeness (QED) is 0.775. The predicted octanol–water partition coefficient (Wildman–Crippen LogP) is 4.04. The first-order valence-electron chi connectivity index (χ1n) is 7.24. The molecule has 0 amide bonds. The Hall–Kier alpha value is -2.05. The summed E-state index contributed by atoms with van der Waals surface area (Å²) in [7, 11) is 0. The average Bonchev–Trinajstić information content (AvgIpc) is 2.88. The molecule has 1 N–H and O–H groups in total. The van der Waals surface area contributed by atoms with Gasteiger partial charge in [-0.15, -0.1) is 11.3 Å². The van der Waals surface area contributed by atoms with E-state index in [1.807, 2.05) is 25.1 Å². The summed E-state index contributed by atoms with van der Waals surface area (Å²) in [6, 6.07) is 5.93. The molecule has 0 radical (unpaired) electrons. The normalized spacial score (nSPS) is 13.3. The summed E-state index contributed by atoms with van der Waals surface area (Å²) < 4.78 is 11.1. The molecule has 1 aromatic carbocycles. The Morgan fingerprint density at radius 3 is 2.91 bits per heavy atom. The van der Waals surface area contributed by atoms with Crippen molar-refractivity contribution >= 4 is 39.0 Å². The van der Waals surface area contributed by atoms with Crippen LogP contribution in [-0.2, 0) is 6.54 Å². The third-order valence-electron chi connectivity index (χ3n) is 3.66. The number of nitrogens with zero attached hydrogens (tertiary/aromatic N) is 2. The highest BCUT2D eigenvalue weighted by Crippen LogP contribution is 2.37. The molecule has 23 heavy (non-hydrogen) atoms. The molecule has 1 aliphatic rings. The summed E-state index contributed by atoms with van der Waals surface area (Å²) in [6.07, 6.45) is 1.56. The molecule has 0 bridgehead atoms. The third kappa shape index (κ3) is 2.68. The fourth-order valence-corrected chi connectivity index (χ4v) is 3.76. The van der Waals surface area contributed by atoms with Crippen LogP contribution in [-0.4, -0.2) is 23.2 Å². The number of fused-ring (bicyclic) bond motifs is 2. The average molecular weight is 348 g/mol. The molecule has 0 saturated carbocycles. The van der Waals surface area contributed by atoms with Gasteiger partial charge in [0.1, 0.15) is 30.2 Å². The second-order valence-electron chi connectivity index (χ2n) is 5.21.